The molecule has 0 atom stereocenters. The zero-order valence-electron chi connectivity index (χ0n) is 17.9. The molecule has 0 radical (unpaired) electrons. The van der Waals surface area contributed by atoms with E-state index >= 15 is 0 Å². The molecule has 158 valence electrons. The van der Waals surface area contributed by atoms with Crippen molar-refractivity contribution < 1.29 is 8.78 Å². The predicted molar refractivity (Wildman–Crippen MR) is 113 cm³/mol. The van der Waals surface area contributed by atoms with E-state index < -0.39 is 6.08 Å². The summed E-state index contributed by atoms with van der Waals surface area (Å²) in [5.74, 6) is 3.62. The number of unbranched alkanes of at least 4 members (excludes halogenated alkanes) is 6. The molecule has 2 saturated carbocycles. The molecule has 2 fully saturated rings. The van der Waals surface area contributed by atoms with Crippen molar-refractivity contribution in [3.63, 3.8) is 0 Å². The van der Waals surface area contributed by atoms with Crippen molar-refractivity contribution in [1.29, 1.82) is 0 Å². The summed E-state index contributed by atoms with van der Waals surface area (Å²) in [5.41, 5.74) is 0. The van der Waals surface area contributed by atoms with Gasteiger partial charge in [-0.25, -0.2) is 0 Å². The predicted octanol–water partition coefficient (Wildman–Crippen LogP) is 9.30. The minimum Gasteiger partial charge on any atom is -0.174 e. The molecule has 0 nitrogen and oxygen atoms in total. The molecule has 0 heterocycles. The number of hydrogen-bond donors (Lipinski definition) is 0. The highest BCUT2D eigenvalue weighted by atomic mass is 19.3. The second-order valence-corrected chi connectivity index (χ2v) is 9.54. The maximum atomic E-state index is 12.1. The summed E-state index contributed by atoms with van der Waals surface area (Å²) < 4.78 is 24.3. The van der Waals surface area contributed by atoms with E-state index in [0.29, 0.717) is 12.3 Å². The number of halogens is 2. The minimum absolute atomic E-state index is 0.571. The van der Waals surface area contributed by atoms with E-state index in [4.69, 9.17) is 0 Å². The summed E-state index contributed by atoms with van der Waals surface area (Å²) in [6.07, 6.45) is 23.8. The molecule has 0 aromatic rings. The van der Waals surface area contributed by atoms with Crippen LogP contribution in [0.2, 0.25) is 0 Å². The van der Waals surface area contributed by atoms with Crippen molar-refractivity contribution in [1.82, 2.24) is 0 Å². The Labute approximate surface area is 167 Å². The van der Waals surface area contributed by atoms with Crippen LogP contribution >= 0.6 is 0 Å². The van der Waals surface area contributed by atoms with Gasteiger partial charge in [0.1, 0.15) is 0 Å². The zero-order valence-corrected chi connectivity index (χ0v) is 17.9. The Balaban J connectivity index is 1.50. The van der Waals surface area contributed by atoms with Crippen molar-refractivity contribution in [2.45, 2.75) is 122 Å². The van der Waals surface area contributed by atoms with Crippen LogP contribution in [0.3, 0.4) is 0 Å². The maximum Gasteiger partial charge on any atom is 0.266 e. The third-order valence-corrected chi connectivity index (χ3v) is 7.54. The maximum absolute atomic E-state index is 12.1. The van der Waals surface area contributed by atoms with Gasteiger partial charge in [0, 0.05) is 0 Å². The van der Waals surface area contributed by atoms with E-state index in [9.17, 15) is 8.78 Å². The van der Waals surface area contributed by atoms with Gasteiger partial charge in [-0.05, 0) is 68.3 Å². The van der Waals surface area contributed by atoms with Gasteiger partial charge in [0.15, 0.2) is 0 Å². The van der Waals surface area contributed by atoms with E-state index in [2.05, 4.69) is 6.92 Å². The Morgan fingerprint density at radius 1 is 0.667 bits per heavy atom. The monoisotopic (exact) mass is 382 g/mol. The van der Waals surface area contributed by atoms with Gasteiger partial charge < -0.3 is 0 Å². The first-order chi connectivity index (χ1) is 13.2. The highest BCUT2D eigenvalue weighted by Gasteiger charge is 2.30. The van der Waals surface area contributed by atoms with E-state index in [0.717, 1.165) is 30.3 Å². The molecule has 0 bridgehead atoms. The molecule has 2 aliphatic carbocycles. The first kappa shape index (κ1) is 22.9. The molecule has 0 N–H and O–H groups in total. The zero-order chi connectivity index (χ0) is 19.3. The van der Waals surface area contributed by atoms with Crippen LogP contribution in [0.1, 0.15) is 122 Å². The van der Waals surface area contributed by atoms with Gasteiger partial charge in [-0.1, -0.05) is 84.0 Å². The van der Waals surface area contributed by atoms with Crippen molar-refractivity contribution >= 4 is 0 Å². The second kappa shape index (κ2) is 13.7. The van der Waals surface area contributed by atoms with E-state index in [1.807, 2.05) is 0 Å². The third-order valence-electron chi connectivity index (χ3n) is 7.54. The Hall–Kier alpha value is -0.400. The normalized spacial score (nSPS) is 28.9. The lowest BCUT2D eigenvalue weighted by Gasteiger charge is -2.38. The van der Waals surface area contributed by atoms with Crippen LogP contribution < -0.4 is 0 Å². The summed E-state index contributed by atoms with van der Waals surface area (Å²) >= 11 is 0. The molecule has 2 rings (SSSR count). The van der Waals surface area contributed by atoms with Crippen LogP contribution in [0.4, 0.5) is 8.78 Å². The van der Waals surface area contributed by atoms with Gasteiger partial charge in [-0.15, -0.1) is 0 Å². The second-order valence-electron chi connectivity index (χ2n) is 9.54. The summed E-state index contributed by atoms with van der Waals surface area (Å²) in [5, 5.41) is 0. The molecule has 0 amide bonds. The molecular formula is C25H44F2. The van der Waals surface area contributed by atoms with Gasteiger partial charge in [0.2, 0.25) is 0 Å². The third kappa shape index (κ3) is 9.57. The Bertz CT molecular complexity index is 383. The summed E-state index contributed by atoms with van der Waals surface area (Å²) in [6, 6.07) is 0. The lowest BCUT2D eigenvalue weighted by Crippen LogP contribution is -2.25. The average molecular weight is 383 g/mol. The molecule has 0 aromatic heterocycles. The SMILES string of the molecule is CCCCCCCCC[C@H]1CC[C@H](C2CCC(CCC=C(F)F)CC2)CC1. The lowest BCUT2D eigenvalue weighted by molar-refractivity contribution is 0.140. The average Bonchev–Trinajstić information content (AvgIpc) is 2.68. The van der Waals surface area contributed by atoms with Gasteiger partial charge in [0.25, 0.3) is 6.08 Å². The summed E-state index contributed by atoms with van der Waals surface area (Å²) in [7, 11) is 0. The van der Waals surface area contributed by atoms with Crippen LogP contribution in [0.5, 0.6) is 0 Å². The van der Waals surface area contributed by atoms with Crippen LogP contribution in [0.15, 0.2) is 12.2 Å². The van der Waals surface area contributed by atoms with Gasteiger partial charge in [-0.3, -0.25) is 0 Å². The molecule has 27 heavy (non-hydrogen) atoms. The molecular weight excluding hydrogens is 338 g/mol. The number of allylic oxidation sites excluding steroid dienone is 1. The van der Waals surface area contributed by atoms with Crippen LogP contribution in [0.25, 0.3) is 0 Å². The quantitative estimate of drug-likeness (QED) is 0.295. The highest BCUT2D eigenvalue weighted by Crippen LogP contribution is 2.43. The van der Waals surface area contributed by atoms with Crippen LogP contribution in [-0.2, 0) is 0 Å². The molecule has 0 aromatic carbocycles. The van der Waals surface area contributed by atoms with Crippen molar-refractivity contribution in [3.05, 3.63) is 12.2 Å². The van der Waals surface area contributed by atoms with E-state index in [1.165, 1.54) is 103 Å². The van der Waals surface area contributed by atoms with Crippen molar-refractivity contribution in [2.24, 2.45) is 23.7 Å². The van der Waals surface area contributed by atoms with Gasteiger partial charge in [0.05, 0.1) is 0 Å². The summed E-state index contributed by atoms with van der Waals surface area (Å²) in [6.45, 7) is 2.29. The lowest BCUT2D eigenvalue weighted by atomic mass is 9.68. The molecule has 0 saturated heterocycles. The number of hydrogen-bond acceptors (Lipinski definition) is 0. The largest absolute Gasteiger partial charge is 0.266 e. The fourth-order valence-electron chi connectivity index (χ4n) is 5.71. The summed E-state index contributed by atoms with van der Waals surface area (Å²) in [4.78, 5) is 0. The highest BCUT2D eigenvalue weighted by molar-refractivity contribution is 4.85. The molecule has 0 unspecified atom stereocenters. The minimum atomic E-state index is -1.50. The molecule has 0 aliphatic heterocycles. The van der Waals surface area contributed by atoms with Crippen molar-refractivity contribution in [2.75, 3.05) is 0 Å². The smallest absolute Gasteiger partial charge is 0.174 e. The fourth-order valence-corrected chi connectivity index (χ4v) is 5.71. The standard InChI is InChI=1S/C25H44F2/c1-2-3-4-5-6-7-8-10-21-13-17-23(18-14-21)24-19-15-22(16-20-24)11-9-12-25(26)27/h12,21-24H,2-11,13-20H2,1H3/t21-,22?,23-,24?. The molecule has 2 heteroatoms. The Morgan fingerprint density at radius 2 is 1.15 bits per heavy atom. The Morgan fingerprint density at radius 3 is 1.67 bits per heavy atom. The van der Waals surface area contributed by atoms with Crippen molar-refractivity contribution in [3.8, 4) is 0 Å². The first-order valence-electron chi connectivity index (χ1n) is 12.2. The van der Waals surface area contributed by atoms with Gasteiger partial charge in [-0.2, -0.15) is 8.78 Å². The number of rotatable bonds is 12. The first-order valence-corrected chi connectivity index (χ1v) is 12.2. The van der Waals surface area contributed by atoms with E-state index in [1.54, 1.807) is 0 Å². The fraction of sp³-hybridized carbons (Fsp3) is 0.920. The Kier molecular flexibility index (Phi) is 11.6. The molecule has 0 spiro atoms. The topological polar surface area (TPSA) is 0 Å². The van der Waals surface area contributed by atoms with E-state index in [-0.39, 0.29) is 0 Å². The van der Waals surface area contributed by atoms with Crippen LogP contribution in [0, 0.1) is 23.7 Å². The van der Waals surface area contributed by atoms with Gasteiger partial charge >= 0.3 is 0 Å². The van der Waals surface area contributed by atoms with Crippen LogP contribution in [-0.4, -0.2) is 0 Å². The molecule has 2 aliphatic rings.